The first-order valence-electron chi connectivity index (χ1n) is 6.38. The molecule has 1 atom stereocenters. The van der Waals surface area contributed by atoms with Crippen LogP contribution in [0.3, 0.4) is 0 Å². The molecule has 0 aliphatic carbocycles. The number of carbonyl (C=O) groups is 1. The van der Waals surface area contributed by atoms with E-state index in [-0.39, 0.29) is 5.97 Å². The lowest BCUT2D eigenvalue weighted by Crippen LogP contribution is -2.39. The Bertz CT molecular complexity index is 624. The zero-order valence-electron chi connectivity index (χ0n) is 10.7. The molecule has 1 N–H and O–H groups in total. The highest BCUT2D eigenvalue weighted by Gasteiger charge is 2.28. The molecule has 98 valence electrons. The summed E-state index contributed by atoms with van der Waals surface area (Å²) in [7, 11) is 0. The fourth-order valence-corrected chi connectivity index (χ4v) is 2.26. The Morgan fingerprint density at radius 3 is 3.05 bits per heavy atom. The van der Waals surface area contributed by atoms with Crippen LogP contribution in [-0.2, 0) is 9.53 Å². The highest BCUT2D eigenvalue weighted by atomic mass is 16.6. The van der Waals surface area contributed by atoms with E-state index in [0.29, 0.717) is 13.2 Å². The van der Waals surface area contributed by atoms with Gasteiger partial charge in [-0.05, 0) is 18.4 Å². The summed E-state index contributed by atoms with van der Waals surface area (Å²) >= 11 is 0. The molecular formula is C15H15NO3. The molecule has 4 nitrogen and oxygen atoms in total. The highest BCUT2D eigenvalue weighted by molar-refractivity contribution is 5.94. The van der Waals surface area contributed by atoms with Gasteiger partial charge in [-0.25, -0.2) is 4.79 Å². The van der Waals surface area contributed by atoms with Crippen LogP contribution in [0.25, 0.3) is 10.8 Å². The Labute approximate surface area is 111 Å². The Balaban J connectivity index is 1.98. The van der Waals surface area contributed by atoms with Gasteiger partial charge >= 0.3 is 5.97 Å². The first kappa shape index (κ1) is 11.8. The van der Waals surface area contributed by atoms with Crippen molar-refractivity contribution in [1.82, 2.24) is 0 Å². The molecule has 0 unspecified atom stereocenters. The van der Waals surface area contributed by atoms with Crippen LogP contribution in [-0.4, -0.2) is 25.2 Å². The molecule has 1 aliphatic rings. The lowest BCUT2D eigenvalue weighted by molar-refractivity contribution is -0.150. The zero-order valence-corrected chi connectivity index (χ0v) is 10.7. The number of hydrogen-bond donors (Lipinski definition) is 1. The number of fused-ring (bicyclic) bond motifs is 3. The second-order valence-corrected chi connectivity index (χ2v) is 4.40. The summed E-state index contributed by atoms with van der Waals surface area (Å²) in [6.45, 7) is 2.59. The molecule has 2 aromatic rings. The van der Waals surface area contributed by atoms with Crippen LogP contribution < -0.4 is 10.1 Å². The summed E-state index contributed by atoms with van der Waals surface area (Å²) in [5.74, 6) is 0.399. The summed E-state index contributed by atoms with van der Waals surface area (Å²) in [4.78, 5) is 11.8. The summed E-state index contributed by atoms with van der Waals surface area (Å²) in [6, 6.07) is 12.0. The van der Waals surface area contributed by atoms with Crippen molar-refractivity contribution in [3.8, 4) is 5.75 Å². The number of rotatable bonds is 2. The molecule has 0 amide bonds. The minimum Gasteiger partial charge on any atom is -0.474 e. The summed E-state index contributed by atoms with van der Waals surface area (Å²) < 4.78 is 10.8. The fourth-order valence-electron chi connectivity index (χ4n) is 2.26. The van der Waals surface area contributed by atoms with E-state index in [2.05, 4.69) is 5.32 Å². The van der Waals surface area contributed by atoms with Crippen LogP contribution in [0.15, 0.2) is 36.4 Å². The van der Waals surface area contributed by atoms with Gasteiger partial charge in [0.1, 0.15) is 0 Å². The Hall–Kier alpha value is -2.23. The molecule has 4 heteroatoms. The van der Waals surface area contributed by atoms with E-state index in [0.717, 1.165) is 22.2 Å². The lowest BCUT2D eigenvalue weighted by Gasteiger charge is -2.27. The SMILES string of the molecule is CCOC(=O)[C@@H]1CNc2ccc3ccccc3c2O1. The van der Waals surface area contributed by atoms with Crippen molar-refractivity contribution in [2.45, 2.75) is 13.0 Å². The van der Waals surface area contributed by atoms with Crippen LogP contribution in [0.2, 0.25) is 0 Å². The van der Waals surface area contributed by atoms with Gasteiger partial charge in [-0.15, -0.1) is 0 Å². The lowest BCUT2D eigenvalue weighted by atomic mass is 10.1. The molecule has 0 aromatic heterocycles. The molecule has 0 bridgehead atoms. The van der Waals surface area contributed by atoms with Gasteiger partial charge in [0.05, 0.1) is 18.8 Å². The van der Waals surface area contributed by atoms with Crippen molar-refractivity contribution >= 4 is 22.4 Å². The topological polar surface area (TPSA) is 47.6 Å². The maximum Gasteiger partial charge on any atom is 0.349 e. The first-order chi connectivity index (χ1) is 9.29. The predicted octanol–water partition coefficient (Wildman–Crippen LogP) is 2.58. The molecule has 1 aliphatic heterocycles. The van der Waals surface area contributed by atoms with Gasteiger partial charge in [0.2, 0.25) is 6.10 Å². The van der Waals surface area contributed by atoms with E-state index in [9.17, 15) is 4.79 Å². The average molecular weight is 257 g/mol. The number of anilines is 1. The number of hydrogen-bond acceptors (Lipinski definition) is 4. The van der Waals surface area contributed by atoms with E-state index in [4.69, 9.17) is 9.47 Å². The van der Waals surface area contributed by atoms with Crippen molar-refractivity contribution in [3.05, 3.63) is 36.4 Å². The largest absolute Gasteiger partial charge is 0.474 e. The van der Waals surface area contributed by atoms with Crippen LogP contribution in [0.5, 0.6) is 5.75 Å². The Morgan fingerprint density at radius 2 is 2.21 bits per heavy atom. The number of carbonyl (C=O) groups excluding carboxylic acids is 1. The molecule has 1 heterocycles. The maximum absolute atomic E-state index is 11.8. The molecule has 0 radical (unpaired) electrons. The van der Waals surface area contributed by atoms with Crippen molar-refractivity contribution in [3.63, 3.8) is 0 Å². The van der Waals surface area contributed by atoms with Gasteiger partial charge in [-0.3, -0.25) is 0 Å². The van der Waals surface area contributed by atoms with Crippen LogP contribution in [0.1, 0.15) is 6.92 Å². The van der Waals surface area contributed by atoms with Gasteiger partial charge < -0.3 is 14.8 Å². The molecule has 0 fully saturated rings. The molecule has 3 rings (SSSR count). The van der Waals surface area contributed by atoms with Crippen LogP contribution >= 0.6 is 0 Å². The van der Waals surface area contributed by atoms with Crippen molar-refractivity contribution in [2.75, 3.05) is 18.5 Å². The third kappa shape index (κ3) is 2.10. The molecule has 0 saturated heterocycles. The standard InChI is InChI=1S/C15H15NO3/c1-2-18-15(17)13-9-16-12-8-7-10-5-3-4-6-11(10)14(12)19-13/h3-8,13,16H,2,9H2,1H3/t13-/m0/s1. The minimum absolute atomic E-state index is 0.325. The van der Waals surface area contributed by atoms with Gasteiger partial charge in [0, 0.05) is 5.39 Å². The van der Waals surface area contributed by atoms with E-state index >= 15 is 0 Å². The van der Waals surface area contributed by atoms with Crippen LogP contribution in [0, 0.1) is 0 Å². The van der Waals surface area contributed by atoms with E-state index in [1.54, 1.807) is 6.92 Å². The molecule has 19 heavy (non-hydrogen) atoms. The number of ether oxygens (including phenoxy) is 2. The number of benzene rings is 2. The predicted molar refractivity (Wildman–Crippen MR) is 73.5 cm³/mol. The van der Waals surface area contributed by atoms with Crippen LogP contribution in [0.4, 0.5) is 5.69 Å². The summed E-state index contributed by atoms with van der Waals surface area (Å²) in [5.41, 5.74) is 0.916. The molecule has 0 saturated carbocycles. The fraction of sp³-hybridized carbons (Fsp3) is 0.267. The van der Waals surface area contributed by atoms with Gasteiger partial charge in [-0.1, -0.05) is 30.3 Å². The van der Waals surface area contributed by atoms with E-state index in [1.165, 1.54) is 0 Å². The average Bonchev–Trinajstić information content (AvgIpc) is 2.47. The smallest absolute Gasteiger partial charge is 0.349 e. The first-order valence-corrected chi connectivity index (χ1v) is 6.38. The summed E-state index contributed by atoms with van der Waals surface area (Å²) in [6.07, 6.45) is -0.585. The summed E-state index contributed by atoms with van der Waals surface area (Å²) in [5, 5.41) is 5.31. The Kier molecular flexibility index (Phi) is 2.99. The minimum atomic E-state index is -0.585. The molecule has 2 aromatic carbocycles. The van der Waals surface area contributed by atoms with E-state index in [1.807, 2.05) is 36.4 Å². The zero-order chi connectivity index (χ0) is 13.2. The second kappa shape index (κ2) is 4.80. The quantitative estimate of drug-likeness (QED) is 0.840. The number of esters is 1. The van der Waals surface area contributed by atoms with E-state index < -0.39 is 6.10 Å². The molecule has 0 spiro atoms. The van der Waals surface area contributed by atoms with Crippen molar-refractivity contribution < 1.29 is 14.3 Å². The van der Waals surface area contributed by atoms with Crippen molar-refractivity contribution in [2.24, 2.45) is 0 Å². The molecular weight excluding hydrogens is 242 g/mol. The number of nitrogens with one attached hydrogen (secondary N) is 1. The third-order valence-electron chi connectivity index (χ3n) is 3.17. The van der Waals surface area contributed by atoms with Gasteiger partial charge in [-0.2, -0.15) is 0 Å². The highest BCUT2D eigenvalue weighted by Crippen LogP contribution is 2.36. The normalized spacial score (nSPS) is 17.2. The maximum atomic E-state index is 11.8. The van der Waals surface area contributed by atoms with Crippen molar-refractivity contribution in [1.29, 1.82) is 0 Å². The monoisotopic (exact) mass is 257 g/mol. The third-order valence-corrected chi connectivity index (χ3v) is 3.17. The Morgan fingerprint density at radius 1 is 1.37 bits per heavy atom. The van der Waals surface area contributed by atoms with Gasteiger partial charge in [0.15, 0.2) is 5.75 Å². The van der Waals surface area contributed by atoms with Gasteiger partial charge in [0.25, 0.3) is 0 Å². The second-order valence-electron chi connectivity index (χ2n) is 4.40.